The minimum Gasteiger partial charge on any atom is -0.326 e. The van der Waals surface area contributed by atoms with Crippen LogP contribution >= 0.6 is 15.9 Å². The molecule has 0 saturated heterocycles. The first-order valence-electron chi connectivity index (χ1n) is 3.67. The number of hydrogen-bond acceptors (Lipinski definition) is 1. The van der Waals surface area contributed by atoms with Gasteiger partial charge in [-0.3, -0.25) is 0 Å². The van der Waals surface area contributed by atoms with Gasteiger partial charge >= 0.3 is 0 Å². The predicted octanol–water partition coefficient (Wildman–Crippen LogP) is 2.27. The van der Waals surface area contributed by atoms with Gasteiger partial charge in [-0.1, -0.05) is 28.9 Å². The molecule has 1 aromatic carbocycles. The van der Waals surface area contributed by atoms with E-state index in [1.54, 1.807) is 0 Å². The molecular formula is C9H11BrN. The van der Waals surface area contributed by atoms with E-state index in [-0.39, 0.29) is 0 Å². The van der Waals surface area contributed by atoms with Crippen LogP contribution in [0.4, 0.5) is 0 Å². The maximum absolute atomic E-state index is 5.51. The van der Waals surface area contributed by atoms with Crippen LogP contribution in [0.1, 0.15) is 18.1 Å². The van der Waals surface area contributed by atoms with Gasteiger partial charge in [-0.2, -0.15) is 0 Å². The van der Waals surface area contributed by atoms with Gasteiger partial charge in [0.2, 0.25) is 0 Å². The van der Waals surface area contributed by atoms with E-state index < -0.39 is 0 Å². The molecule has 2 heteroatoms. The van der Waals surface area contributed by atoms with Gasteiger partial charge < -0.3 is 5.73 Å². The summed E-state index contributed by atoms with van der Waals surface area (Å²) >= 11 is 3.38. The average Bonchev–Trinajstić information content (AvgIpc) is 2.03. The van der Waals surface area contributed by atoms with Crippen LogP contribution < -0.4 is 5.73 Å². The van der Waals surface area contributed by atoms with Crippen molar-refractivity contribution in [3.63, 3.8) is 0 Å². The third kappa shape index (κ3) is 2.31. The molecule has 1 nitrogen and oxygen atoms in total. The standard InChI is InChI=1S/C9H11BrN/c1-2-7-3-8(6-11)5-9(10)4-7/h3,5H,2,6,11H2,1H3. The highest BCUT2D eigenvalue weighted by Crippen LogP contribution is 2.14. The first kappa shape index (κ1) is 8.75. The molecule has 11 heavy (non-hydrogen) atoms. The molecule has 0 aromatic heterocycles. The number of rotatable bonds is 2. The highest BCUT2D eigenvalue weighted by molar-refractivity contribution is 9.10. The van der Waals surface area contributed by atoms with Crippen LogP contribution in [0.15, 0.2) is 16.6 Å². The third-order valence-corrected chi connectivity index (χ3v) is 2.00. The second-order valence-electron chi connectivity index (χ2n) is 2.42. The minimum atomic E-state index is 0.597. The lowest BCUT2D eigenvalue weighted by atomic mass is 10.1. The van der Waals surface area contributed by atoms with E-state index in [0.29, 0.717) is 6.54 Å². The van der Waals surface area contributed by atoms with Crippen LogP contribution in [0.5, 0.6) is 0 Å². The monoisotopic (exact) mass is 212 g/mol. The highest BCUT2D eigenvalue weighted by atomic mass is 79.9. The van der Waals surface area contributed by atoms with Crippen molar-refractivity contribution in [2.75, 3.05) is 0 Å². The second kappa shape index (κ2) is 3.88. The van der Waals surface area contributed by atoms with Crippen LogP contribution in [0.2, 0.25) is 0 Å². The van der Waals surface area contributed by atoms with Crippen molar-refractivity contribution >= 4 is 15.9 Å². The molecule has 1 radical (unpaired) electrons. The Hall–Kier alpha value is -0.340. The average molecular weight is 213 g/mol. The Morgan fingerprint density at radius 1 is 1.55 bits per heavy atom. The number of nitrogens with two attached hydrogens (primary N) is 1. The SMILES string of the molecule is CCc1[c]c(Br)cc(CN)c1. The van der Waals surface area contributed by atoms with Crippen molar-refractivity contribution < 1.29 is 0 Å². The normalized spacial score (nSPS) is 10.1. The lowest BCUT2D eigenvalue weighted by Crippen LogP contribution is -1.97. The van der Waals surface area contributed by atoms with Crippen LogP contribution in [-0.2, 0) is 13.0 Å². The van der Waals surface area contributed by atoms with Gasteiger partial charge in [0.05, 0.1) is 0 Å². The number of hydrogen-bond donors (Lipinski definition) is 1. The zero-order chi connectivity index (χ0) is 8.27. The Balaban J connectivity index is 3.02. The second-order valence-corrected chi connectivity index (χ2v) is 3.27. The summed E-state index contributed by atoms with van der Waals surface area (Å²) in [7, 11) is 0. The fourth-order valence-electron chi connectivity index (χ4n) is 0.962. The molecule has 0 heterocycles. The molecule has 0 amide bonds. The summed E-state index contributed by atoms with van der Waals surface area (Å²) in [5.41, 5.74) is 7.88. The Bertz CT molecular complexity index is 223. The van der Waals surface area contributed by atoms with Crippen molar-refractivity contribution in [3.05, 3.63) is 33.8 Å². The van der Waals surface area contributed by atoms with Crippen molar-refractivity contribution in [2.24, 2.45) is 5.73 Å². The van der Waals surface area contributed by atoms with E-state index in [2.05, 4.69) is 35.0 Å². The van der Waals surface area contributed by atoms with Gasteiger partial charge in [-0.05, 0) is 23.6 Å². The van der Waals surface area contributed by atoms with Crippen molar-refractivity contribution in [1.82, 2.24) is 0 Å². The van der Waals surface area contributed by atoms with Crippen LogP contribution in [0, 0.1) is 6.07 Å². The summed E-state index contributed by atoms with van der Waals surface area (Å²) in [4.78, 5) is 0. The topological polar surface area (TPSA) is 26.0 Å². The van der Waals surface area contributed by atoms with Gasteiger partial charge in [-0.15, -0.1) is 0 Å². The first-order chi connectivity index (χ1) is 5.26. The van der Waals surface area contributed by atoms with Gasteiger partial charge in [0, 0.05) is 17.1 Å². The van der Waals surface area contributed by atoms with Crippen LogP contribution in [0.3, 0.4) is 0 Å². The van der Waals surface area contributed by atoms with Crippen LogP contribution in [0.25, 0.3) is 0 Å². The molecule has 59 valence electrons. The number of halogens is 1. The molecule has 0 bridgehead atoms. The lowest BCUT2D eigenvalue weighted by Gasteiger charge is -2.01. The van der Waals surface area contributed by atoms with E-state index in [4.69, 9.17) is 5.73 Å². The molecule has 0 spiro atoms. The summed E-state index contributed by atoms with van der Waals surface area (Å²) in [6.45, 7) is 2.71. The minimum absolute atomic E-state index is 0.597. The third-order valence-electron chi connectivity index (χ3n) is 1.57. The van der Waals surface area contributed by atoms with Gasteiger partial charge in [-0.25, -0.2) is 0 Å². The van der Waals surface area contributed by atoms with E-state index in [1.807, 2.05) is 6.07 Å². The van der Waals surface area contributed by atoms with E-state index in [0.717, 1.165) is 16.5 Å². The number of aryl methyl sites for hydroxylation is 1. The van der Waals surface area contributed by atoms with E-state index in [9.17, 15) is 0 Å². The molecule has 0 atom stereocenters. The Morgan fingerprint density at radius 2 is 2.27 bits per heavy atom. The molecule has 1 rings (SSSR count). The summed E-state index contributed by atoms with van der Waals surface area (Å²) < 4.78 is 0.997. The van der Waals surface area contributed by atoms with E-state index >= 15 is 0 Å². The van der Waals surface area contributed by atoms with Crippen LogP contribution in [-0.4, -0.2) is 0 Å². The fraction of sp³-hybridized carbons (Fsp3) is 0.333. The maximum atomic E-state index is 5.51. The Kier molecular flexibility index (Phi) is 3.09. The van der Waals surface area contributed by atoms with Gasteiger partial charge in [0.1, 0.15) is 0 Å². The Labute approximate surface area is 75.7 Å². The van der Waals surface area contributed by atoms with Crippen molar-refractivity contribution in [3.8, 4) is 0 Å². The fourth-order valence-corrected chi connectivity index (χ4v) is 1.51. The summed E-state index contributed by atoms with van der Waals surface area (Å²) in [5.74, 6) is 0. The van der Waals surface area contributed by atoms with Gasteiger partial charge in [0.25, 0.3) is 0 Å². The van der Waals surface area contributed by atoms with Gasteiger partial charge in [0.15, 0.2) is 0 Å². The molecular weight excluding hydrogens is 202 g/mol. The number of benzene rings is 1. The van der Waals surface area contributed by atoms with E-state index in [1.165, 1.54) is 5.56 Å². The Morgan fingerprint density at radius 3 is 2.82 bits per heavy atom. The zero-order valence-corrected chi connectivity index (χ0v) is 8.11. The summed E-state index contributed by atoms with van der Waals surface area (Å²) in [6, 6.07) is 7.28. The summed E-state index contributed by atoms with van der Waals surface area (Å²) in [6.07, 6.45) is 1.01. The zero-order valence-electron chi connectivity index (χ0n) is 6.52. The van der Waals surface area contributed by atoms with Crippen molar-refractivity contribution in [1.29, 1.82) is 0 Å². The van der Waals surface area contributed by atoms with Crippen molar-refractivity contribution in [2.45, 2.75) is 19.9 Å². The molecule has 0 aliphatic carbocycles. The quantitative estimate of drug-likeness (QED) is 0.801. The summed E-state index contributed by atoms with van der Waals surface area (Å²) in [5, 5.41) is 0. The molecule has 0 fully saturated rings. The first-order valence-corrected chi connectivity index (χ1v) is 4.46. The molecule has 0 saturated carbocycles. The predicted molar refractivity (Wildman–Crippen MR) is 50.2 cm³/mol. The largest absolute Gasteiger partial charge is 0.326 e. The smallest absolute Gasteiger partial charge is 0.0260 e. The molecule has 0 aliphatic heterocycles. The molecule has 0 aliphatic rings. The molecule has 1 aromatic rings. The highest BCUT2D eigenvalue weighted by Gasteiger charge is 1.96. The lowest BCUT2D eigenvalue weighted by molar-refractivity contribution is 1.04. The maximum Gasteiger partial charge on any atom is 0.0260 e. The molecule has 2 N–H and O–H groups in total. The molecule has 0 unspecified atom stereocenters.